The molecule has 0 aromatic heterocycles. The van der Waals surface area contributed by atoms with E-state index in [1.807, 2.05) is 42.2 Å². The van der Waals surface area contributed by atoms with Crippen LogP contribution in [-0.2, 0) is 4.79 Å². The maximum atomic E-state index is 12.6. The Morgan fingerprint density at radius 1 is 0.929 bits per heavy atom. The first-order valence-corrected chi connectivity index (χ1v) is 10.0. The van der Waals surface area contributed by atoms with Gasteiger partial charge in [-0.3, -0.25) is 9.59 Å². The van der Waals surface area contributed by atoms with Crippen molar-refractivity contribution in [2.24, 2.45) is 0 Å². The number of carbonyl (C=O) groups is 2. The molecule has 0 saturated heterocycles. The third-order valence-corrected chi connectivity index (χ3v) is 4.56. The summed E-state index contributed by atoms with van der Waals surface area (Å²) in [6.45, 7) is 7.91. The number of anilines is 1. The fourth-order valence-corrected chi connectivity index (χ4v) is 3.04. The number of benzene rings is 2. The van der Waals surface area contributed by atoms with Gasteiger partial charge in [0.05, 0.1) is 6.54 Å². The second-order valence-electron chi connectivity index (χ2n) is 6.93. The zero-order chi connectivity index (χ0) is 20.4. The van der Waals surface area contributed by atoms with E-state index in [9.17, 15) is 9.59 Å². The molecule has 1 atom stereocenters. The van der Waals surface area contributed by atoms with Crippen molar-refractivity contribution >= 4 is 17.5 Å². The van der Waals surface area contributed by atoms with E-state index >= 15 is 0 Å². The molecule has 0 saturated carbocycles. The van der Waals surface area contributed by atoms with Crippen LogP contribution in [0.25, 0.3) is 0 Å². The van der Waals surface area contributed by atoms with Crippen LogP contribution in [0.1, 0.15) is 55.6 Å². The number of amides is 2. The minimum Gasteiger partial charge on any atom is -0.339 e. The maximum Gasteiger partial charge on any atom is 0.253 e. The van der Waals surface area contributed by atoms with Gasteiger partial charge >= 0.3 is 0 Å². The summed E-state index contributed by atoms with van der Waals surface area (Å²) in [5.74, 6) is -0.0691. The molecule has 5 nitrogen and oxygen atoms in total. The van der Waals surface area contributed by atoms with E-state index in [4.69, 9.17) is 0 Å². The van der Waals surface area contributed by atoms with Gasteiger partial charge in [0.2, 0.25) is 5.91 Å². The Kier molecular flexibility index (Phi) is 8.69. The molecule has 2 N–H and O–H groups in total. The molecule has 2 aromatic carbocycles. The maximum absolute atomic E-state index is 12.6. The first-order valence-electron chi connectivity index (χ1n) is 10.0. The zero-order valence-electron chi connectivity index (χ0n) is 17.1. The van der Waals surface area contributed by atoms with Crippen LogP contribution in [-0.4, -0.2) is 36.3 Å². The van der Waals surface area contributed by atoms with Crippen LogP contribution >= 0.6 is 0 Å². The third kappa shape index (κ3) is 6.50. The Morgan fingerprint density at radius 3 is 2.11 bits per heavy atom. The molecule has 0 aliphatic heterocycles. The lowest BCUT2D eigenvalue weighted by atomic mass is 10.1. The fraction of sp³-hybridized carbons (Fsp3) is 0.391. The summed E-state index contributed by atoms with van der Waals surface area (Å²) in [5, 5.41) is 6.09. The molecule has 0 bridgehead atoms. The van der Waals surface area contributed by atoms with E-state index < -0.39 is 0 Å². The summed E-state index contributed by atoms with van der Waals surface area (Å²) in [7, 11) is 0. The topological polar surface area (TPSA) is 61.4 Å². The number of nitrogens with one attached hydrogen (secondary N) is 2. The summed E-state index contributed by atoms with van der Waals surface area (Å²) in [6, 6.07) is 17.2. The second-order valence-corrected chi connectivity index (χ2v) is 6.93. The van der Waals surface area contributed by atoms with Crippen LogP contribution in [0.2, 0.25) is 0 Å². The lowest BCUT2D eigenvalue weighted by molar-refractivity contribution is -0.115. The van der Waals surface area contributed by atoms with Crippen molar-refractivity contribution in [3.63, 3.8) is 0 Å². The van der Waals surface area contributed by atoms with Crippen molar-refractivity contribution in [1.82, 2.24) is 10.2 Å². The predicted octanol–water partition coefficient (Wildman–Crippen LogP) is 4.24. The number of nitrogens with zero attached hydrogens (tertiary/aromatic N) is 1. The van der Waals surface area contributed by atoms with Crippen molar-refractivity contribution in [3.8, 4) is 0 Å². The van der Waals surface area contributed by atoms with Gasteiger partial charge in [-0.05, 0) is 49.6 Å². The van der Waals surface area contributed by atoms with Crippen LogP contribution in [0.3, 0.4) is 0 Å². The number of carbonyl (C=O) groups excluding carboxylic acids is 2. The summed E-state index contributed by atoms with van der Waals surface area (Å²) < 4.78 is 0. The molecule has 2 amide bonds. The summed E-state index contributed by atoms with van der Waals surface area (Å²) >= 11 is 0. The molecule has 0 heterocycles. The summed E-state index contributed by atoms with van der Waals surface area (Å²) in [4.78, 5) is 26.7. The highest BCUT2D eigenvalue weighted by Gasteiger charge is 2.14. The van der Waals surface area contributed by atoms with Crippen molar-refractivity contribution in [2.75, 3.05) is 25.0 Å². The average Bonchev–Trinajstić information content (AvgIpc) is 2.72. The molecule has 0 radical (unpaired) electrons. The third-order valence-electron chi connectivity index (χ3n) is 4.56. The minimum atomic E-state index is -0.111. The lowest BCUT2D eigenvalue weighted by Crippen LogP contribution is -2.32. The quantitative estimate of drug-likeness (QED) is 0.647. The van der Waals surface area contributed by atoms with E-state index in [1.165, 1.54) is 0 Å². The highest BCUT2D eigenvalue weighted by Crippen LogP contribution is 2.13. The number of hydrogen-bond donors (Lipinski definition) is 2. The van der Waals surface area contributed by atoms with Crippen LogP contribution in [0.5, 0.6) is 0 Å². The Hall–Kier alpha value is -2.66. The summed E-state index contributed by atoms with van der Waals surface area (Å²) in [5.41, 5.74) is 2.48. The van der Waals surface area contributed by atoms with Crippen LogP contribution < -0.4 is 10.6 Å². The highest BCUT2D eigenvalue weighted by atomic mass is 16.2. The van der Waals surface area contributed by atoms with E-state index in [0.717, 1.165) is 31.5 Å². The van der Waals surface area contributed by atoms with Gasteiger partial charge in [0, 0.05) is 30.4 Å². The van der Waals surface area contributed by atoms with Gasteiger partial charge in [0.15, 0.2) is 0 Å². The molecule has 0 aliphatic rings. The monoisotopic (exact) mass is 381 g/mol. The Labute approximate surface area is 168 Å². The first kappa shape index (κ1) is 21.6. The highest BCUT2D eigenvalue weighted by molar-refractivity contribution is 5.96. The van der Waals surface area contributed by atoms with E-state index in [1.54, 1.807) is 24.3 Å². The van der Waals surface area contributed by atoms with Gasteiger partial charge in [0.1, 0.15) is 0 Å². The van der Waals surface area contributed by atoms with Crippen molar-refractivity contribution in [1.29, 1.82) is 0 Å². The lowest BCUT2D eigenvalue weighted by Gasteiger charge is -2.21. The SMILES string of the molecule is CCCN(CCC)C(=O)c1ccc(NC(=O)CNC(C)c2ccccc2)cc1. The molecule has 0 spiro atoms. The Bertz CT molecular complexity index is 738. The molecule has 0 fully saturated rings. The standard InChI is InChI=1S/C23H31N3O2/c1-4-15-26(16-5-2)23(28)20-11-13-21(14-12-20)25-22(27)17-24-18(3)19-9-7-6-8-10-19/h6-14,18,24H,4-5,15-17H2,1-3H3,(H,25,27). The normalized spacial score (nSPS) is 11.7. The number of hydrogen-bond acceptors (Lipinski definition) is 3. The molecular formula is C23H31N3O2. The van der Waals surface area contributed by atoms with Crippen LogP contribution in [0.4, 0.5) is 5.69 Å². The minimum absolute atomic E-state index is 0.0416. The molecule has 1 unspecified atom stereocenters. The van der Waals surface area contributed by atoms with Gasteiger partial charge < -0.3 is 15.5 Å². The Balaban J connectivity index is 1.87. The van der Waals surface area contributed by atoms with Gasteiger partial charge in [-0.25, -0.2) is 0 Å². The van der Waals surface area contributed by atoms with Gasteiger partial charge in [-0.2, -0.15) is 0 Å². The molecule has 0 aliphatic carbocycles. The summed E-state index contributed by atoms with van der Waals surface area (Å²) in [6.07, 6.45) is 1.88. The zero-order valence-corrected chi connectivity index (χ0v) is 17.1. The second kappa shape index (κ2) is 11.2. The molecule has 2 aromatic rings. The van der Waals surface area contributed by atoms with Gasteiger partial charge in [-0.15, -0.1) is 0 Å². The molecule has 5 heteroatoms. The smallest absolute Gasteiger partial charge is 0.253 e. The average molecular weight is 382 g/mol. The van der Waals surface area contributed by atoms with Crippen molar-refractivity contribution in [2.45, 2.75) is 39.7 Å². The fourth-order valence-electron chi connectivity index (χ4n) is 3.04. The number of rotatable bonds is 10. The van der Waals surface area contributed by atoms with Crippen LogP contribution in [0.15, 0.2) is 54.6 Å². The molecular weight excluding hydrogens is 350 g/mol. The van der Waals surface area contributed by atoms with Gasteiger partial charge in [0.25, 0.3) is 5.91 Å². The van der Waals surface area contributed by atoms with E-state index in [2.05, 4.69) is 24.5 Å². The molecule has 28 heavy (non-hydrogen) atoms. The largest absolute Gasteiger partial charge is 0.339 e. The first-order chi connectivity index (χ1) is 13.5. The van der Waals surface area contributed by atoms with Crippen molar-refractivity contribution in [3.05, 3.63) is 65.7 Å². The Morgan fingerprint density at radius 2 is 1.54 bits per heavy atom. The predicted molar refractivity (Wildman–Crippen MR) is 114 cm³/mol. The molecule has 2 rings (SSSR count). The molecule has 150 valence electrons. The van der Waals surface area contributed by atoms with Crippen molar-refractivity contribution < 1.29 is 9.59 Å². The van der Waals surface area contributed by atoms with E-state index in [-0.39, 0.29) is 24.4 Å². The van der Waals surface area contributed by atoms with Crippen LogP contribution in [0, 0.1) is 0 Å². The van der Waals surface area contributed by atoms with E-state index in [0.29, 0.717) is 11.3 Å². The van der Waals surface area contributed by atoms with Gasteiger partial charge in [-0.1, -0.05) is 44.2 Å².